The number of carbonyl (C=O) groups excluding carboxylic acids is 1. The first kappa shape index (κ1) is 17.0. The van der Waals surface area contributed by atoms with Gasteiger partial charge in [0.2, 0.25) is 5.91 Å². The quantitative estimate of drug-likeness (QED) is 0.900. The van der Waals surface area contributed by atoms with E-state index in [1.54, 1.807) is 4.68 Å². The molecule has 0 aliphatic carbocycles. The lowest BCUT2D eigenvalue weighted by atomic mass is 9.87. The van der Waals surface area contributed by atoms with E-state index in [1.165, 1.54) is 0 Å². The van der Waals surface area contributed by atoms with Crippen molar-refractivity contribution < 1.29 is 4.79 Å². The first-order valence-corrected chi connectivity index (χ1v) is 8.86. The van der Waals surface area contributed by atoms with Crippen molar-refractivity contribution in [2.45, 2.75) is 52.5 Å². The van der Waals surface area contributed by atoms with Crippen LogP contribution in [-0.4, -0.2) is 25.5 Å². The van der Waals surface area contributed by atoms with Gasteiger partial charge < -0.3 is 5.32 Å². The summed E-state index contributed by atoms with van der Waals surface area (Å²) >= 11 is 6.49. The number of anilines is 1. The average Bonchev–Trinajstić information content (AvgIpc) is 3.06. The number of amides is 1. The van der Waals surface area contributed by atoms with Crippen molar-refractivity contribution in [3.8, 4) is 0 Å². The molecule has 1 aliphatic rings. The number of halogens is 1. The molecule has 1 unspecified atom stereocenters. The second kappa shape index (κ2) is 6.59. The molecule has 7 heteroatoms. The SMILES string of the molecule is CCc1nn(C)c(Cl)c1C1CC(=O)Nc2c1cnn2CCC(C)C. The van der Waals surface area contributed by atoms with Crippen molar-refractivity contribution in [3.05, 3.63) is 28.2 Å². The van der Waals surface area contributed by atoms with Gasteiger partial charge in [-0.3, -0.25) is 9.48 Å². The number of nitrogens with one attached hydrogen (secondary N) is 1. The highest BCUT2D eigenvalue weighted by molar-refractivity contribution is 6.30. The molecule has 1 amide bonds. The smallest absolute Gasteiger partial charge is 0.226 e. The maximum absolute atomic E-state index is 12.3. The van der Waals surface area contributed by atoms with Gasteiger partial charge in [0.1, 0.15) is 11.0 Å². The Morgan fingerprint density at radius 3 is 2.88 bits per heavy atom. The van der Waals surface area contributed by atoms with Gasteiger partial charge in [0.25, 0.3) is 0 Å². The Morgan fingerprint density at radius 1 is 1.46 bits per heavy atom. The van der Waals surface area contributed by atoms with E-state index < -0.39 is 0 Å². The van der Waals surface area contributed by atoms with Gasteiger partial charge in [0.05, 0.1) is 11.9 Å². The predicted molar refractivity (Wildman–Crippen MR) is 94.4 cm³/mol. The third-order valence-electron chi connectivity index (χ3n) is 4.58. The first-order chi connectivity index (χ1) is 11.4. The lowest BCUT2D eigenvalue weighted by Crippen LogP contribution is -2.25. The van der Waals surface area contributed by atoms with Gasteiger partial charge in [-0.2, -0.15) is 10.2 Å². The fourth-order valence-electron chi connectivity index (χ4n) is 3.26. The van der Waals surface area contributed by atoms with E-state index >= 15 is 0 Å². The summed E-state index contributed by atoms with van der Waals surface area (Å²) in [5.74, 6) is 1.30. The molecule has 1 N–H and O–H groups in total. The normalized spacial score (nSPS) is 17.2. The van der Waals surface area contributed by atoms with Crippen molar-refractivity contribution in [3.63, 3.8) is 0 Å². The van der Waals surface area contributed by atoms with Crippen LogP contribution in [0.2, 0.25) is 5.15 Å². The Labute approximate surface area is 147 Å². The van der Waals surface area contributed by atoms with Crippen LogP contribution in [0.4, 0.5) is 5.82 Å². The topological polar surface area (TPSA) is 64.7 Å². The van der Waals surface area contributed by atoms with Gasteiger partial charge in [-0.1, -0.05) is 32.4 Å². The van der Waals surface area contributed by atoms with E-state index in [0.29, 0.717) is 17.5 Å². The van der Waals surface area contributed by atoms with E-state index in [9.17, 15) is 4.79 Å². The molecular weight excluding hydrogens is 326 g/mol. The Morgan fingerprint density at radius 2 is 2.21 bits per heavy atom. The molecule has 2 aromatic rings. The van der Waals surface area contributed by atoms with Gasteiger partial charge in [-0.25, -0.2) is 4.68 Å². The highest BCUT2D eigenvalue weighted by Crippen LogP contribution is 2.41. The maximum Gasteiger partial charge on any atom is 0.226 e. The molecule has 0 spiro atoms. The number of fused-ring (bicyclic) bond motifs is 1. The van der Waals surface area contributed by atoms with E-state index in [1.807, 2.05) is 17.9 Å². The molecule has 1 atom stereocenters. The van der Waals surface area contributed by atoms with E-state index in [2.05, 4.69) is 36.3 Å². The summed E-state index contributed by atoms with van der Waals surface area (Å²) in [5, 5.41) is 12.6. The van der Waals surface area contributed by atoms with Crippen LogP contribution in [0.1, 0.15) is 56.4 Å². The van der Waals surface area contributed by atoms with E-state index in [0.717, 1.165) is 42.0 Å². The summed E-state index contributed by atoms with van der Waals surface area (Å²) in [4.78, 5) is 12.3. The molecule has 0 fully saturated rings. The second-order valence-corrected chi connectivity index (χ2v) is 7.15. The molecular formula is C17H24ClN5O. The highest BCUT2D eigenvalue weighted by atomic mass is 35.5. The zero-order chi connectivity index (χ0) is 17.4. The Hall–Kier alpha value is -1.82. The maximum atomic E-state index is 12.3. The van der Waals surface area contributed by atoms with Gasteiger partial charge in [0.15, 0.2) is 0 Å². The average molecular weight is 350 g/mol. The van der Waals surface area contributed by atoms with Crippen LogP contribution in [0.25, 0.3) is 0 Å². The second-order valence-electron chi connectivity index (χ2n) is 6.79. The van der Waals surface area contributed by atoms with Crippen LogP contribution in [0, 0.1) is 5.92 Å². The van der Waals surface area contributed by atoms with Crippen LogP contribution >= 0.6 is 11.6 Å². The minimum atomic E-state index is -0.0855. The molecule has 130 valence electrons. The highest BCUT2D eigenvalue weighted by Gasteiger charge is 2.34. The number of hydrogen-bond acceptors (Lipinski definition) is 3. The number of hydrogen-bond donors (Lipinski definition) is 1. The zero-order valence-electron chi connectivity index (χ0n) is 14.6. The standard InChI is InChI=1S/C17H24ClN5O/c1-5-13-15(16(18)22(4)21-13)11-8-14(24)20-17-12(11)9-19-23(17)7-6-10(2)3/h9-11H,5-8H2,1-4H3,(H,20,24). The van der Waals surface area contributed by atoms with Crippen LogP contribution in [0.3, 0.4) is 0 Å². The van der Waals surface area contributed by atoms with Gasteiger partial charge in [-0.15, -0.1) is 0 Å². The van der Waals surface area contributed by atoms with E-state index in [-0.39, 0.29) is 11.8 Å². The molecule has 1 aliphatic heterocycles. The van der Waals surface area contributed by atoms with Crippen LogP contribution in [0.5, 0.6) is 0 Å². The summed E-state index contributed by atoms with van der Waals surface area (Å²) in [6.07, 6.45) is 4.04. The third kappa shape index (κ3) is 2.95. The monoisotopic (exact) mass is 349 g/mol. The Bertz CT molecular complexity index is 761. The largest absolute Gasteiger partial charge is 0.311 e. The zero-order valence-corrected chi connectivity index (χ0v) is 15.4. The van der Waals surface area contributed by atoms with Gasteiger partial charge >= 0.3 is 0 Å². The minimum Gasteiger partial charge on any atom is -0.311 e. The summed E-state index contributed by atoms with van der Waals surface area (Å²) in [7, 11) is 1.83. The van der Waals surface area contributed by atoms with Crippen molar-refractivity contribution in [2.75, 3.05) is 5.32 Å². The number of aryl methyl sites for hydroxylation is 3. The number of rotatable bonds is 5. The molecule has 6 nitrogen and oxygen atoms in total. The van der Waals surface area contributed by atoms with Gasteiger partial charge in [0, 0.05) is 37.1 Å². The first-order valence-electron chi connectivity index (χ1n) is 8.49. The number of aromatic nitrogens is 4. The Balaban J connectivity index is 2.03. The molecule has 3 heterocycles. The summed E-state index contributed by atoms with van der Waals surface area (Å²) in [5.41, 5.74) is 2.94. The molecule has 2 aromatic heterocycles. The summed E-state index contributed by atoms with van der Waals surface area (Å²) in [6, 6.07) is 0. The fraction of sp³-hybridized carbons (Fsp3) is 0.588. The molecule has 3 rings (SSSR count). The predicted octanol–water partition coefficient (Wildman–Crippen LogP) is 3.35. The lowest BCUT2D eigenvalue weighted by molar-refractivity contribution is -0.116. The third-order valence-corrected chi connectivity index (χ3v) is 5.03. The minimum absolute atomic E-state index is 0.000713. The fourth-order valence-corrected chi connectivity index (χ4v) is 3.53. The van der Waals surface area contributed by atoms with Crippen LogP contribution in [0.15, 0.2) is 6.20 Å². The van der Waals surface area contributed by atoms with Gasteiger partial charge in [-0.05, 0) is 18.8 Å². The molecule has 0 bridgehead atoms. The molecule has 0 radical (unpaired) electrons. The molecule has 24 heavy (non-hydrogen) atoms. The molecule has 0 saturated carbocycles. The van der Waals surface area contributed by atoms with Crippen LogP contribution in [-0.2, 0) is 24.8 Å². The number of carbonyl (C=O) groups is 1. The van der Waals surface area contributed by atoms with Crippen molar-refractivity contribution in [2.24, 2.45) is 13.0 Å². The van der Waals surface area contributed by atoms with Crippen molar-refractivity contribution in [1.82, 2.24) is 19.6 Å². The van der Waals surface area contributed by atoms with E-state index in [4.69, 9.17) is 11.6 Å². The summed E-state index contributed by atoms with van der Waals surface area (Å²) < 4.78 is 3.58. The molecule has 0 saturated heterocycles. The molecule has 0 aromatic carbocycles. The van der Waals surface area contributed by atoms with Crippen LogP contribution < -0.4 is 5.32 Å². The number of nitrogens with zero attached hydrogens (tertiary/aromatic N) is 4. The van der Waals surface area contributed by atoms with Crippen molar-refractivity contribution in [1.29, 1.82) is 0 Å². The Kier molecular flexibility index (Phi) is 4.67. The summed E-state index contributed by atoms with van der Waals surface area (Å²) in [6.45, 7) is 7.21. The lowest BCUT2D eigenvalue weighted by Gasteiger charge is -2.24. The van der Waals surface area contributed by atoms with Crippen molar-refractivity contribution >= 4 is 23.3 Å².